The van der Waals surface area contributed by atoms with Gasteiger partial charge in [0.25, 0.3) is 0 Å². The van der Waals surface area contributed by atoms with E-state index in [4.69, 9.17) is 4.98 Å². The van der Waals surface area contributed by atoms with Gasteiger partial charge >= 0.3 is 0 Å². The van der Waals surface area contributed by atoms with Gasteiger partial charge in [0, 0.05) is 20.7 Å². The van der Waals surface area contributed by atoms with Crippen molar-refractivity contribution in [3.8, 4) is 22.4 Å². The molecular formula is C34H33NS2. The van der Waals surface area contributed by atoms with Crippen molar-refractivity contribution in [2.24, 2.45) is 5.92 Å². The Morgan fingerprint density at radius 3 is 2.46 bits per heavy atom. The van der Waals surface area contributed by atoms with Crippen molar-refractivity contribution in [2.75, 3.05) is 0 Å². The molecule has 6 aromatic rings. The first-order valence-electron chi connectivity index (χ1n) is 13.1. The summed E-state index contributed by atoms with van der Waals surface area (Å²) in [6.07, 6.45) is 1.12. The number of fused-ring (bicyclic) bond motifs is 3. The summed E-state index contributed by atoms with van der Waals surface area (Å²) in [4.78, 5) is 6.61. The Kier molecular flexibility index (Phi) is 5.97. The molecule has 0 N–H and O–H groups in total. The summed E-state index contributed by atoms with van der Waals surface area (Å²) in [5.41, 5.74) is 8.78. The maximum Gasteiger partial charge on any atom is 0.0823 e. The first-order chi connectivity index (χ1) is 17.7. The number of thiophene rings is 2. The molecule has 0 bridgehead atoms. The van der Waals surface area contributed by atoms with Crippen LogP contribution in [0.1, 0.15) is 50.6 Å². The van der Waals surface area contributed by atoms with Gasteiger partial charge < -0.3 is 0 Å². The van der Waals surface area contributed by atoms with Gasteiger partial charge in [-0.05, 0) is 99.3 Å². The van der Waals surface area contributed by atoms with Crippen molar-refractivity contribution in [2.45, 2.75) is 53.4 Å². The van der Waals surface area contributed by atoms with E-state index in [9.17, 15) is 0 Å². The number of nitrogens with zero attached hydrogens (tertiary/aromatic N) is 1. The van der Waals surface area contributed by atoms with Crippen LogP contribution in [0.15, 0.2) is 72.1 Å². The van der Waals surface area contributed by atoms with Crippen LogP contribution >= 0.6 is 22.7 Å². The van der Waals surface area contributed by atoms with Gasteiger partial charge in [-0.15, -0.1) is 22.7 Å². The molecule has 0 aliphatic carbocycles. The molecule has 3 heteroatoms. The first-order valence-corrected chi connectivity index (χ1v) is 14.8. The number of aryl methyl sites for hydroxylation is 1. The molecule has 0 aliphatic rings. The maximum absolute atomic E-state index is 5.16. The Morgan fingerprint density at radius 2 is 1.68 bits per heavy atom. The summed E-state index contributed by atoms with van der Waals surface area (Å²) in [7, 11) is 0. The predicted molar refractivity (Wildman–Crippen MR) is 165 cm³/mol. The van der Waals surface area contributed by atoms with Crippen LogP contribution in [0.3, 0.4) is 0 Å². The zero-order valence-corrected chi connectivity index (χ0v) is 24.1. The molecule has 0 unspecified atom stereocenters. The van der Waals surface area contributed by atoms with Crippen molar-refractivity contribution in [3.63, 3.8) is 0 Å². The molecule has 1 nitrogen and oxygen atoms in total. The minimum absolute atomic E-state index is 0.0413. The summed E-state index contributed by atoms with van der Waals surface area (Å²) >= 11 is 3.71. The van der Waals surface area contributed by atoms with Gasteiger partial charge in [-0.2, -0.15) is 0 Å². The Hall–Kier alpha value is -3.01. The Balaban J connectivity index is 1.58. The van der Waals surface area contributed by atoms with Crippen LogP contribution in [0.2, 0.25) is 0 Å². The van der Waals surface area contributed by atoms with Crippen molar-refractivity contribution in [1.82, 2.24) is 4.98 Å². The van der Waals surface area contributed by atoms with E-state index < -0.39 is 0 Å². The van der Waals surface area contributed by atoms with Crippen LogP contribution in [0, 0.1) is 12.8 Å². The number of rotatable bonds is 4. The van der Waals surface area contributed by atoms with Crippen LogP contribution < -0.4 is 0 Å². The van der Waals surface area contributed by atoms with E-state index in [0.29, 0.717) is 5.92 Å². The number of aromatic nitrogens is 1. The fraction of sp³-hybridized carbons (Fsp3) is 0.265. The molecule has 0 aliphatic heterocycles. The molecular weight excluding hydrogens is 487 g/mol. The summed E-state index contributed by atoms with van der Waals surface area (Å²) in [6, 6.07) is 24.9. The molecule has 37 heavy (non-hydrogen) atoms. The van der Waals surface area contributed by atoms with E-state index in [1.807, 2.05) is 11.3 Å². The van der Waals surface area contributed by atoms with E-state index in [1.54, 1.807) is 11.3 Å². The van der Waals surface area contributed by atoms with E-state index in [2.05, 4.69) is 114 Å². The van der Waals surface area contributed by atoms with Gasteiger partial charge in [0.1, 0.15) is 0 Å². The number of pyridine rings is 1. The summed E-state index contributed by atoms with van der Waals surface area (Å²) in [5, 5.41) is 6.18. The minimum Gasteiger partial charge on any atom is -0.247 e. The molecule has 3 aromatic heterocycles. The van der Waals surface area contributed by atoms with Gasteiger partial charge in [0.05, 0.1) is 15.9 Å². The molecule has 0 atom stereocenters. The topological polar surface area (TPSA) is 12.9 Å². The van der Waals surface area contributed by atoms with Crippen LogP contribution in [-0.2, 0) is 11.8 Å². The van der Waals surface area contributed by atoms with E-state index in [-0.39, 0.29) is 5.41 Å². The van der Waals surface area contributed by atoms with Crippen molar-refractivity contribution in [1.29, 1.82) is 0 Å². The predicted octanol–water partition coefficient (Wildman–Crippen LogP) is 10.8. The summed E-state index contributed by atoms with van der Waals surface area (Å²) in [6.45, 7) is 13.8. The van der Waals surface area contributed by atoms with Gasteiger partial charge in [-0.3, -0.25) is 0 Å². The smallest absolute Gasteiger partial charge is 0.0823 e. The van der Waals surface area contributed by atoms with Crippen LogP contribution in [0.25, 0.3) is 53.5 Å². The SMILES string of the molecule is Cc1sc2ccc(-c3cc(-c4cc(C(C)(C)C)c5ccccc5c4)nc4ccsc34)cc2c1CC(C)C. The van der Waals surface area contributed by atoms with Crippen molar-refractivity contribution >= 4 is 53.7 Å². The first kappa shape index (κ1) is 24.3. The van der Waals surface area contributed by atoms with E-state index >= 15 is 0 Å². The van der Waals surface area contributed by atoms with Crippen LogP contribution in [0.5, 0.6) is 0 Å². The Labute approximate surface area is 227 Å². The molecule has 0 fully saturated rings. The fourth-order valence-corrected chi connectivity index (χ4v) is 7.44. The highest BCUT2D eigenvalue weighted by Gasteiger charge is 2.20. The Morgan fingerprint density at radius 1 is 0.865 bits per heavy atom. The molecule has 0 amide bonds. The largest absolute Gasteiger partial charge is 0.247 e. The zero-order chi connectivity index (χ0) is 25.9. The van der Waals surface area contributed by atoms with E-state index in [1.165, 1.54) is 58.3 Å². The number of hydrogen-bond donors (Lipinski definition) is 0. The van der Waals surface area contributed by atoms with E-state index in [0.717, 1.165) is 17.6 Å². The second kappa shape index (κ2) is 9.08. The second-order valence-corrected chi connectivity index (χ2v) is 13.8. The standard InChI is InChI=1S/C34H33NS2/c1-20(2)15-26-21(3)37-32-12-11-23(17-28(26)32)27-19-31(35-30-13-14-36-33(27)30)24-16-22-9-7-8-10-25(22)29(18-24)34(4,5)6/h7-14,16-20H,15H2,1-6H3. The third-order valence-corrected chi connectivity index (χ3v) is 9.36. The molecule has 0 spiro atoms. The molecule has 3 aromatic carbocycles. The maximum atomic E-state index is 5.16. The lowest BCUT2D eigenvalue weighted by atomic mass is 9.82. The average molecular weight is 520 g/mol. The van der Waals surface area contributed by atoms with Gasteiger partial charge in [-0.25, -0.2) is 4.98 Å². The van der Waals surface area contributed by atoms with Crippen LogP contribution in [0.4, 0.5) is 0 Å². The monoisotopic (exact) mass is 519 g/mol. The van der Waals surface area contributed by atoms with Crippen molar-refractivity contribution in [3.05, 3.63) is 88.1 Å². The second-order valence-electron chi connectivity index (χ2n) is 11.6. The van der Waals surface area contributed by atoms with Crippen LogP contribution in [-0.4, -0.2) is 4.98 Å². The normalized spacial score (nSPS) is 12.4. The quantitative estimate of drug-likeness (QED) is 0.226. The summed E-state index contributed by atoms with van der Waals surface area (Å²) in [5.74, 6) is 0.640. The molecule has 0 radical (unpaired) electrons. The van der Waals surface area contributed by atoms with Crippen molar-refractivity contribution < 1.29 is 0 Å². The fourth-order valence-electron chi connectivity index (χ4n) is 5.50. The average Bonchev–Trinajstić information content (AvgIpc) is 3.46. The Bertz CT molecular complexity index is 1780. The van der Waals surface area contributed by atoms with Gasteiger partial charge in [0.2, 0.25) is 0 Å². The highest BCUT2D eigenvalue weighted by molar-refractivity contribution is 7.19. The summed E-state index contributed by atoms with van der Waals surface area (Å²) < 4.78 is 2.65. The minimum atomic E-state index is 0.0413. The third kappa shape index (κ3) is 4.39. The lowest BCUT2D eigenvalue weighted by Crippen LogP contribution is -2.12. The molecule has 186 valence electrons. The highest BCUT2D eigenvalue weighted by Crippen LogP contribution is 2.41. The lowest BCUT2D eigenvalue weighted by Gasteiger charge is -2.23. The molecule has 0 saturated carbocycles. The zero-order valence-electron chi connectivity index (χ0n) is 22.5. The van der Waals surface area contributed by atoms with Gasteiger partial charge in [-0.1, -0.05) is 65.0 Å². The third-order valence-electron chi connectivity index (χ3n) is 7.29. The van der Waals surface area contributed by atoms with Gasteiger partial charge in [0.15, 0.2) is 0 Å². The lowest BCUT2D eigenvalue weighted by molar-refractivity contribution is 0.596. The number of hydrogen-bond acceptors (Lipinski definition) is 3. The molecule has 6 rings (SSSR count). The highest BCUT2D eigenvalue weighted by atomic mass is 32.1. The number of benzene rings is 3. The molecule has 0 saturated heterocycles. The molecule has 3 heterocycles.